The van der Waals surface area contributed by atoms with Crippen LogP contribution in [0.1, 0.15) is 27.6 Å². The predicted octanol–water partition coefficient (Wildman–Crippen LogP) is 2.55. The van der Waals surface area contributed by atoms with Crippen LogP contribution in [-0.4, -0.2) is 18.2 Å². The van der Waals surface area contributed by atoms with Crippen LogP contribution in [0, 0.1) is 0 Å². The maximum atomic E-state index is 11.9. The summed E-state index contributed by atoms with van der Waals surface area (Å²) in [5.41, 5.74) is 0.682. The van der Waals surface area contributed by atoms with Gasteiger partial charge in [0.25, 0.3) is 0 Å². The van der Waals surface area contributed by atoms with Crippen molar-refractivity contribution in [3.63, 3.8) is 0 Å². The van der Waals surface area contributed by atoms with E-state index in [0.717, 1.165) is 0 Å². The van der Waals surface area contributed by atoms with Gasteiger partial charge in [-0.3, -0.25) is 9.59 Å². The number of halogens is 1. The van der Waals surface area contributed by atoms with E-state index in [0.29, 0.717) is 17.7 Å². The Bertz CT molecular complexity index is 503. The van der Waals surface area contributed by atoms with Crippen LogP contribution in [0.4, 0.5) is 0 Å². The Kier molecular flexibility index (Phi) is 2.79. The molecule has 2 rings (SSSR count). The van der Waals surface area contributed by atoms with E-state index in [2.05, 4.69) is 0 Å². The number of carbonyl (C=O) groups excluding carboxylic acids is 2. The van der Waals surface area contributed by atoms with Gasteiger partial charge in [0.2, 0.25) is 11.6 Å². The Morgan fingerprint density at radius 3 is 2.25 bits per heavy atom. The maximum Gasteiger partial charge on any atom is 0.230 e. The number of hydrogen-bond donors (Lipinski definition) is 0. The van der Waals surface area contributed by atoms with Crippen molar-refractivity contribution in [2.24, 2.45) is 0 Å². The van der Waals surface area contributed by atoms with Crippen molar-refractivity contribution in [3.8, 4) is 0 Å². The van der Waals surface area contributed by atoms with Crippen LogP contribution >= 0.6 is 11.6 Å². The lowest BCUT2D eigenvalue weighted by atomic mass is 9.93. The highest BCUT2D eigenvalue weighted by atomic mass is 35.5. The number of rotatable bonds is 2. The first-order chi connectivity index (χ1) is 7.66. The predicted molar refractivity (Wildman–Crippen MR) is 59.6 cm³/mol. The van der Waals surface area contributed by atoms with Gasteiger partial charge in [-0.05, 0) is 6.92 Å². The maximum absolute atomic E-state index is 11.9. The first kappa shape index (κ1) is 10.9. The Labute approximate surface area is 97.7 Å². The molecule has 0 heterocycles. The summed E-state index contributed by atoms with van der Waals surface area (Å²) in [5, 5.41) is -0.134. The van der Waals surface area contributed by atoms with Crippen LogP contribution in [0.2, 0.25) is 0 Å². The average Bonchev–Trinajstić information content (AvgIpc) is 2.32. The summed E-state index contributed by atoms with van der Waals surface area (Å²) in [5.74, 6) is -0.741. The molecule has 0 saturated heterocycles. The molecular weight excluding hydrogens is 228 g/mol. The highest BCUT2D eigenvalue weighted by Crippen LogP contribution is 2.28. The van der Waals surface area contributed by atoms with E-state index in [4.69, 9.17) is 16.3 Å². The third-order valence-electron chi connectivity index (χ3n) is 2.31. The van der Waals surface area contributed by atoms with Crippen molar-refractivity contribution in [1.29, 1.82) is 0 Å². The second kappa shape index (κ2) is 4.10. The highest BCUT2D eigenvalue weighted by Gasteiger charge is 2.32. The van der Waals surface area contributed by atoms with Gasteiger partial charge in [-0.25, -0.2) is 0 Å². The van der Waals surface area contributed by atoms with Gasteiger partial charge in [0.1, 0.15) is 5.03 Å². The molecule has 0 aliphatic heterocycles. The molecular formula is C12H9ClO3. The first-order valence-corrected chi connectivity index (χ1v) is 5.25. The molecule has 0 spiro atoms. The van der Waals surface area contributed by atoms with Gasteiger partial charge in [-0.2, -0.15) is 0 Å². The lowest BCUT2D eigenvalue weighted by Gasteiger charge is -2.17. The molecule has 1 aromatic rings. The SMILES string of the molecule is CCOC1=C(Cl)C(=O)c2ccccc2C1=O. The van der Waals surface area contributed by atoms with Gasteiger partial charge in [0, 0.05) is 11.1 Å². The molecule has 82 valence electrons. The number of ketones is 2. The molecule has 1 aliphatic carbocycles. The summed E-state index contributed by atoms with van der Waals surface area (Å²) in [6.45, 7) is 2.03. The molecule has 0 saturated carbocycles. The van der Waals surface area contributed by atoms with E-state index in [9.17, 15) is 9.59 Å². The Morgan fingerprint density at radius 1 is 1.12 bits per heavy atom. The van der Waals surface area contributed by atoms with Crippen LogP contribution in [-0.2, 0) is 4.74 Å². The second-order valence-corrected chi connectivity index (χ2v) is 3.66. The first-order valence-electron chi connectivity index (χ1n) is 4.87. The van der Waals surface area contributed by atoms with E-state index in [-0.39, 0.29) is 22.4 Å². The molecule has 16 heavy (non-hydrogen) atoms. The largest absolute Gasteiger partial charge is 0.488 e. The number of hydrogen-bond acceptors (Lipinski definition) is 3. The van der Waals surface area contributed by atoms with Crippen LogP contribution in [0.3, 0.4) is 0 Å². The smallest absolute Gasteiger partial charge is 0.230 e. The number of allylic oxidation sites excluding steroid dienone is 2. The highest BCUT2D eigenvalue weighted by molar-refractivity contribution is 6.49. The minimum absolute atomic E-state index is 0.0483. The lowest BCUT2D eigenvalue weighted by Crippen LogP contribution is -2.21. The fourth-order valence-corrected chi connectivity index (χ4v) is 1.84. The summed E-state index contributed by atoms with van der Waals surface area (Å²) < 4.78 is 5.11. The fraction of sp³-hybridized carbons (Fsp3) is 0.167. The van der Waals surface area contributed by atoms with Gasteiger partial charge >= 0.3 is 0 Å². The molecule has 0 atom stereocenters. The third-order valence-corrected chi connectivity index (χ3v) is 2.65. The number of ether oxygens (including phenoxy) is 1. The van der Waals surface area contributed by atoms with Crippen LogP contribution < -0.4 is 0 Å². The zero-order chi connectivity index (χ0) is 11.7. The van der Waals surface area contributed by atoms with Crippen molar-refractivity contribution in [1.82, 2.24) is 0 Å². The summed E-state index contributed by atoms with van der Waals surface area (Å²) in [6, 6.07) is 6.57. The van der Waals surface area contributed by atoms with E-state index in [1.54, 1.807) is 31.2 Å². The minimum Gasteiger partial charge on any atom is -0.488 e. The summed E-state index contributed by atoms with van der Waals surface area (Å²) >= 11 is 5.82. The molecule has 0 fully saturated rings. The van der Waals surface area contributed by atoms with Gasteiger partial charge in [0.15, 0.2) is 5.76 Å². The Hall–Kier alpha value is -1.61. The summed E-state index contributed by atoms with van der Waals surface area (Å²) in [4.78, 5) is 23.8. The molecule has 0 unspecified atom stereocenters. The average molecular weight is 237 g/mol. The Morgan fingerprint density at radius 2 is 1.69 bits per heavy atom. The zero-order valence-corrected chi connectivity index (χ0v) is 9.38. The fourth-order valence-electron chi connectivity index (χ4n) is 1.60. The van der Waals surface area contributed by atoms with E-state index >= 15 is 0 Å². The van der Waals surface area contributed by atoms with Gasteiger partial charge < -0.3 is 4.74 Å². The summed E-state index contributed by atoms with van der Waals surface area (Å²) in [7, 11) is 0. The zero-order valence-electron chi connectivity index (χ0n) is 8.62. The molecule has 4 heteroatoms. The van der Waals surface area contributed by atoms with E-state index in [1.165, 1.54) is 0 Å². The van der Waals surface area contributed by atoms with Crippen LogP contribution in [0.25, 0.3) is 0 Å². The third kappa shape index (κ3) is 1.53. The van der Waals surface area contributed by atoms with Gasteiger partial charge in [-0.15, -0.1) is 0 Å². The normalized spacial score (nSPS) is 15.1. The Balaban J connectivity index is 2.58. The molecule has 0 amide bonds. The molecule has 0 radical (unpaired) electrons. The quantitative estimate of drug-likeness (QED) is 0.793. The standard InChI is InChI=1S/C12H9ClO3/c1-2-16-12-9(13)10(14)7-5-3-4-6-8(7)11(12)15/h3-6H,2H2,1H3. The molecule has 1 aliphatic rings. The van der Waals surface area contributed by atoms with E-state index in [1.807, 2.05) is 0 Å². The van der Waals surface area contributed by atoms with Crippen LogP contribution in [0.5, 0.6) is 0 Å². The molecule has 0 bridgehead atoms. The monoisotopic (exact) mass is 236 g/mol. The van der Waals surface area contributed by atoms with Crippen molar-refractivity contribution >= 4 is 23.2 Å². The molecule has 0 aromatic heterocycles. The van der Waals surface area contributed by atoms with Crippen molar-refractivity contribution < 1.29 is 14.3 Å². The molecule has 3 nitrogen and oxygen atoms in total. The topological polar surface area (TPSA) is 43.4 Å². The minimum atomic E-state index is -0.361. The molecule has 1 aromatic carbocycles. The van der Waals surface area contributed by atoms with Crippen LogP contribution in [0.15, 0.2) is 35.1 Å². The lowest BCUT2D eigenvalue weighted by molar-refractivity contribution is 0.0887. The summed E-state index contributed by atoms with van der Waals surface area (Å²) in [6.07, 6.45) is 0. The van der Waals surface area contributed by atoms with Gasteiger partial charge in [-0.1, -0.05) is 35.9 Å². The number of fused-ring (bicyclic) bond motifs is 1. The number of benzene rings is 1. The van der Waals surface area contributed by atoms with Crippen molar-refractivity contribution in [2.45, 2.75) is 6.92 Å². The molecule has 0 N–H and O–H groups in total. The van der Waals surface area contributed by atoms with Gasteiger partial charge in [0.05, 0.1) is 6.61 Å². The second-order valence-electron chi connectivity index (χ2n) is 3.28. The number of Topliss-reactive ketones (excluding diaryl/α,β-unsaturated/α-hetero) is 2. The van der Waals surface area contributed by atoms with Crippen molar-refractivity contribution in [2.75, 3.05) is 6.61 Å². The van der Waals surface area contributed by atoms with Crippen molar-refractivity contribution in [3.05, 3.63) is 46.2 Å². The van der Waals surface area contributed by atoms with E-state index < -0.39 is 0 Å². The number of carbonyl (C=O) groups is 2.